The number of hydrogen-bond acceptors (Lipinski definition) is 9. The number of Topliss-reactive ketones (excluding diaryl/α,β-unsaturated/α-hetero) is 1. The summed E-state index contributed by atoms with van der Waals surface area (Å²) >= 11 is 1.76. The molecule has 0 unspecified atom stereocenters. The predicted molar refractivity (Wildman–Crippen MR) is 171 cm³/mol. The number of hydrogen-bond donors (Lipinski definition) is 2. The number of ether oxygens (including phenoxy) is 1. The highest BCUT2D eigenvalue weighted by Crippen LogP contribution is 2.28. The Balaban J connectivity index is 1.38. The maximum atomic E-state index is 12.6. The van der Waals surface area contributed by atoms with Gasteiger partial charge in [-0.15, -0.1) is 0 Å². The standard InChI is InChI=1S/C31H47N7O2S/c1-6-7-8-12-33-29-28-26(34-30(32)35-29)11-13-38(28)21-24-10-9-23(18-27(24)40-4)20-36-14-16-37(17-15-36)22-25(39)19-31(2,3)41-5/h9-11,13,18H,6-8,12,14-17,19-22H2,1-5H3,(H3,32,33,34,35). The van der Waals surface area contributed by atoms with Crippen molar-refractivity contribution in [3.8, 4) is 5.75 Å². The van der Waals surface area contributed by atoms with Crippen LogP contribution < -0.4 is 15.8 Å². The molecule has 4 rings (SSSR count). The van der Waals surface area contributed by atoms with Crippen LogP contribution in [0.1, 0.15) is 57.6 Å². The molecule has 0 aliphatic carbocycles. The van der Waals surface area contributed by atoms with Gasteiger partial charge in [0, 0.05) is 62.2 Å². The maximum absolute atomic E-state index is 12.6. The summed E-state index contributed by atoms with van der Waals surface area (Å²) < 4.78 is 8.01. The van der Waals surface area contributed by atoms with Crippen LogP contribution in [0.2, 0.25) is 0 Å². The van der Waals surface area contributed by atoms with Gasteiger partial charge in [-0.3, -0.25) is 14.6 Å². The van der Waals surface area contributed by atoms with Gasteiger partial charge in [-0.05, 0) is 30.4 Å². The molecule has 1 aliphatic heterocycles. The van der Waals surface area contributed by atoms with Crippen molar-refractivity contribution >= 4 is 40.3 Å². The third-order valence-corrected chi connectivity index (χ3v) is 9.09. The van der Waals surface area contributed by atoms with Gasteiger partial charge in [-0.1, -0.05) is 45.7 Å². The number of methoxy groups -OCH3 is 1. The van der Waals surface area contributed by atoms with Crippen molar-refractivity contribution in [2.75, 3.05) is 63.7 Å². The predicted octanol–water partition coefficient (Wildman–Crippen LogP) is 4.89. The Bertz CT molecular complexity index is 1300. The number of anilines is 2. The van der Waals surface area contributed by atoms with Crippen molar-refractivity contribution in [3.63, 3.8) is 0 Å². The topological polar surface area (TPSA) is 102 Å². The normalized spacial score (nSPS) is 15.0. The molecule has 3 N–H and O–H groups in total. The first kappa shape index (κ1) is 31.1. The number of carbonyl (C=O) groups excluding carboxylic acids is 1. The average molecular weight is 582 g/mol. The van der Waals surface area contributed by atoms with Gasteiger partial charge in [0.25, 0.3) is 0 Å². The van der Waals surface area contributed by atoms with E-state index in [-0.39, 0.29) is 10.7 Å². The molecule has 41 heavy (non-hydrogen) atoms. The van der Waals surface area contributed by atoms with Crippen LogP contribution in [-0.4, -0.2) is 87.5 Å². The number of nitrogens with zero attached hydrogens (tertiary/aromatic N) is 5. The summed E-state index contributed by atoms with van der Waals surface area (Å²) in [6.45, 7) is 13.1. The number of ketones is 1. The molecule has 1 aliphatic rings. The largest absolute Gasteiger partial charge is 0.496 e. The summed E-state index contributed by atoms with van der Waals surface area (Å²) in [4.78, 5) is 26.3. The number of nitrogen functional groups attached to an aromatic ring is 1. The van der Waals surface area contributed by atoms with Crippen molar-refractivity contribution in [2.45, 2.75) is 64.3 Å². The van der Waals surface area contributed by atoms with E-state index in [1.54, 1.807) is 18.9 Å². The smallest absolute Gasteiger partial charge is 0.222 e. The Hall–Kier alpha value is -2.82. The summed E-state index contributed by atoms with van der Waals surface area (Å²) in [5.74, 6) is 2.27. The number of rotatable bonds is 15. The van der Waals surface area contributed by atoms with Gasteiger partial charge in [0.05, 0.1) is 25.7 Å². The molecule has 0 saturated carbocycles. The number of thioether (sulfide) groups is 1. The second-order valence-corrected chi connectivity index (χ2v) is 13.1. The minimum Gasteiger partial charge on any atom is -0.496 e. The molecule has 0 atom stereocenters. The van der Waals surface area contributed by atoms with Gasteiger partial charge < -0.3 is 20.4 Å². The van der Waals surface area contributed by atoms with Crippen LogP contribution in [0.25, 0.3) is 11.0 Å². The molecule has 0 bridgehead atoms. The number of carbonyl (C=O) groups is 1. The molecule has 10 heteroatoms. The van der Waals surface area contributed by atoms with E-state index in [1.807, 2.05) is 12.3 Å². The van der Waals surface area contributed by atoms with E-state index in [4.69, 9.17) is 10.5 Å². The van der Waals surface area contributed by atoms with Crippen LogP contribution in [0.15, 0.2) is 30.5 Å². The molecule has 0 radical (unpaired) electrons. The van der Waals surface area contributed by atoms with Crippen molar-refractivity contribution in [1.29, 1.82) is 0 Å². The second-order valence-electron chi connectivity index (χ2n) is 11.6. The Labute approximate surface area is 249 Å². The van der Waals surface area contributed by atoms with Crippen molar-refractivity contribution < 1.29 is 9.53 Å². The zero-order chi connectivity index (χ0) is 29.4. The summed E-state index contributed by atoms with van der Waals surface area (Å²) in [5, 5.41) is 3.47. The molecule has 224 valence electrons. The molecule has 0 spiro atoms. The molecular formula is C31H47N7O2S. The quantitative estimate of drug-likeness (QED) is 0.243. The van der Waals surface area contributed by atoms with Gasteiger partial charge in [0.15, 0.2) is 5.82 Å². The number of nitrogens with two attached hydrogens (primary N) is 1. The fraction of sp³-hybridized carbons (Fsp3) is 0.581. The number of benzene rings is 1. The highest BCUT2D eigenvalue weighted by atomic mass is 32.2. The van der Waals surface area contributed by atoms with E-state index in [1.165, 1.54) is 18.4 Å². The first-order chi connectivity index (χ1) is 19.7. The molecule has 9 nitrogen and oxygen atoms in total. The number of fused-ring (bicyclic) bond motifs is 1. The van der Waals surface area contributed by atoms with Crippen LogP contribution in [0, 0.1) is 0 Å². The van der Waals surface area contributed by atoms with E-state index >= 15 is 0 Å². The number of piperazine rings is 1. The van der Waals surface area contributed by atoms with Crippen LogP contribution in [0.4, 0.5) is 11.8 Å². The molecule has 1 fully saturated rings. The lowest BCUT2D eigenvalue weighted by molar-refractivity contribution is -0.121. The molecule has 0 amide bonds. The van der Waals surface area contributed by atoms with Crippen molar-refractivity contribution in [3.05, 3.63) is 41.6 Å². The highest BCUT2D eigenvalue weighted by Gasteiger charge is 2.24. The van der Waals surface area contributed by atoms with Gasteiger partial charge in [-0.2, -0.15) is 16.7 Å². The fourth-order valence-electron chi connectivity index (χ4n) is 5.38. The number of aromatic nitrogens is 3. The first-order valence-electron chi connectivity index (χ1n) is 14.7. The van der Waals surface area contributed by atoms with Gasteiger partial charge >= 0.3 is 0 Å². The molecular weight excluding hydrogens is 534 g/mol. The Morgan fingerprint density at radius 2 is 1.85 bits per heavy atom. The monoisotopic (exact) mass is 581 g/mol. The Morgan fingerprint density at radius 1 is 1.10 bits per heavy atom. The lowest BCUT2D eigenvalue weighted by Crippen LogP contribution is -2.47. The van der Waals surface area contributed by atoms with Gasteiger partial charge in [0.2, 0.25) is 5.95 Å². The lowest BCUT2D eigenvalue weighted by atomic mass is 10.1. The van der Waals surface area contributed by atoms with E-state index in [0.717, 1.165) is 73.9 Å². The van der Waals surface area contributed by atoms with E-state index in [0.29, 0.717) is 25.3 Å². The van der Waals surface area contributed by atoms with E-state index in [9.17, 15) is 4.79 Å². The summed E-state index contributed by atoms with van der Waals surface area (Å²) in [6, 6.07) is 8.50. The van der Waals surface area contributed by atoms with Crippen molar-refractivity contribution in [2.24, 2.45) is 0 Å². The molecule has 3 aromatic rings. The highest BCUT2D eigenvalue weighted by molar-refractivity contribution is 7.99. The third-order valence-electron chi connectivity index (χ3n) is 7.84. The SMILES string of the molecule is CCCCCNc1nc(N)nc2ccn(Cc3ccc(CN4CCN(CC(=O)CC(C)(C)SC)CC4)cc3OC)c12. The summed E-state index contributed by atoms with van der Waals surface area (Å²) in [5.41, 5.74) is 10.1. The molecule has 2 aromatic heterocycles. The average Bonchev–Trinajstić information content (AvgIpc) is 3.34. The van der Waals surface area contributed by atoms with Crippen LogP contribution in [0.5, 0.6) is 5.75 Å². The van der Waals surface area contributed by atoms with E-state index < -0.39 is 0 Å². The zero-order valence-corrected chi connectivity index (χ0v) is 26.2. The third kappa shape index (κ3) is 8.59. The minimum atomic E-state index is 0.00771. The second kappa shape index (κ2) is 14.4. The van der Waals surface area contributed by atoms with Crippen molar-refractivity contribution in [1.82, 2.24) is 24.3 Å². The molecule has 3 heterocycles. The van der Waals surface area contributed by atoms with E-state index in [2.05, 4.69) is 74.9 Å². The Morgan fingerprint density at radius 3 is 2.56 bits per heavy atom. The van der Waals surface area contributed by atoms with Gasteiger partial charge in [0.1, 0.15) is 17.0 Å². The van der Waals surface area contributed by atoms with Crippen LogP contribution in [-0.2, 0) is 17.9 Å². The Kier molecular flexibility index (Phi) is 10.9. The minimum absolute atomic E-state index is 0.00771. The van der Waals surface area contributed by atoms with Crippen LogP contribution >= 0.6 is 11.8 Å². The summed E-state index contributed by atoms with van der Waals surface area (Å²) in [7, 11) is 1.73. The van der Waals surface area contributed by atoms with Crippen LogP contribution in [0.3, 0.4) is 0 Å². The van der Waals surface area contributed by atoms with Gasteiger partial charge in [-0.25, -0.2) is 4.98 Å². The first-order valence-corrected chi connectivity index (χ1v) is 16.0. The fourth-order valence-corrected chi connectivity index (χ4v) is 5.68. The number of nitrogens with one attached hydrogen (secondary N) is 1. The molecule has 1 aromatic carbocycles. The number of unbranched alkanes of at least 4 members (excludes halogenated alkanes) is 2. The maximum Gasteiger partial charge on any atom is 0.222 e. The zero-order valence-electron chi connectivity index (χ0n) is 25.4. The summed E-state index contributed by atoms with van der Waals surface area (Å²) in [6.07, 6.45) is 8.16. The molecule has 1 saturated heterocycles. The lowest BCUT2D eigenvalue weighted by Gasteiger charge is -2.35.